The van der Waals surface area contributed by atoms with Crippen LogP contribution in [0.15, 0.2) is 55.0 Å². The SMILES string of the molecule is CC(=O)n1cc(/C(=C/c2c[nH]c3ncccc23)C(=O)O)c2ccccc21. The third kappa shape index (κ3) is 2.48. The average molecular weight is 345 g/mol. The lowest BCUT2D eigenvalue weighted by atomic mass is 10.0. The number of nitrogens with one attached hydrogen (secondary N) is 1. The Morgan fingerprint density at radius 2 is 1.92 bits per heavy atom. The smallest absolute Gasteiger partial charge is 0.336 e. The van der Waals surface area contributed by atoms with Crippen LogP contribution < -0.4 is 0 Å². The van der Waals surface area contributed by atoms with Crippen molar-refractivity contribution in [3.63, 3.8) is 0 Å². The summed E-state index contributed by atoms with van der Waals surface area (Å²) in [7, 11) is 0. The van der Waals surface area contributed by atoms with E-state index in [1.54, 1.807) is 36.8 Å². The van der Waals surface area contributed by atoms with Crippen molar-refractivity contribution in [3.05, 3.63) is 66.1 Å². The number of para-hydroxylation sites is 1. The van der Waals surface area contributed by atoms with Crippen LogP contribution in [0.3, 0.4) is 0 Å². The van der Waals surface area contributed by atoms with Crippen LogP contribution in [0.1, 0.15) is 22.8 Å². The van der Waals surface area contributed by atoms with Gasteiger partial charge in [0.25, 0.3) is 0 Å². The topological polar surface area (TPSA) is 88.0 Å². The number of hydrogen-bond donors (Lipinski definition) is 2. The van der Waals surface area contributed by atoms with Gasteiger partial charge in [0.15, 0.2) is 0 Å². The van der Waals surface area contributed by atoms with E-state index < -0.39 is 5.97 Å². The Kier molecular flexibility index (Phi) is 3.65. The number of pyridine rings is 1. The van der Waals surface area contributed by atoms with Gasteiger partial charge in [0.1, 0.15) is 5.65 Å². The Morgan fingerprint density at radius 1 is 1.15 bits per heavy atom. The van der Waals surface area contributed by atoms with Gasteiger partial charge in [-0.2, -0.15) is 0 Å². The molecule has 0 saturated carbocycles. The standard InChI is InChI=1S/C20H15N3O3/c1-12(24)23-11-17(15-5-2-3-7-18(15)23)16(20(25)26)9-13-10-22-19-14(13)6-4-8-21-19/h2-11H,1H3,(H,21,22)(H,25,26)/b16-9-. The van der Waals surface area contributed by atoms with E-state index >= 15 is 0 Å². The molecule has 6 nitrogen and oxygen atoms in total. The summed E-state index contributed by atoms with van der Waals surface area (Å²) in [6.45, 7) is 1.45. The molecule has 0 bridgehead atoms. The van der Waals surface area contributed by atoms with E-state index in [1.165, 1.54) is 11.5 Å². The average Bonchev–Trinajstić information content (AvgIpc) is 3.21. The number of aromatic amines is 1. The minimum atomic E-state index is -1.06. The van der Waals surface area contributed by atoms with Crippen LogP contribution in [0.2, 0.25) is 0 Å². The highest BCUT2D eigenvalue weighted by molar-refractivity contribution is 6.25. The van der Waals surface area contributed by atoms with Gasteiger partial charge in [-0.05, 0) is 24.3 Å². The summed E-state index contributed by atoms with van der Waals surface area (Å²) in [5.41, 5.74) is 2.72. The van der Waals surface area contributed by atoms with Gasteiger partial charge in [0, 0.05) is 47.4 Å². The predicted octanol–water partition coefficient (Wildman–Crippen LogP) is 3.80. The number of benzene rings is 1. The molecule has 0 unspecified atom stereocenters. The van der Waals surface area contributed by atoms with Crippen molar-refractivity contribution in [2.24, 2.45) is 0 Å². The number of rotatable bonds is 3. The molecule has 0 aliphatic carbocycles. The number of fused-ring (bicyclic) bond motifs is 2. The van der Waals surface area contributed by atoms with Crippen LogP contribution in [-0.4, -0.2) is 31.5 Å². The van der Waals surface area contributed by atoms with Crippen molar-refractivity contribution >= 4 is 45.5 Å². The molecule has 4 aromatic rings. The Balaban J connectivity index is 1.98. The molecule has 3 aromatic heterocycles. The van der Waals surface area contributed by atoms with Crippen molar-refractivity contribution in [2.45, 2.75) is 6.92 Å². The number of carboxylic acids is 1. The number of carbonyl (C=O) groups excluding carboxylic acids is 1. The number of nitrogens with zero attached hydrogens (tertiary/aromatic N) is 2. The minimum Gasteiger partial charge on any atom is -0.478 e. The van der Waals surface area contributed by atoms with Crippen LogP contribution >= 0.6 is 0 Å². The first kappa shape index (κ1) is 15.8. The normalized spacial score (nSPS) is 12.0. The van der Waals surface area contributed by atoms with Crippen molar-refractivity contribution in [2.75, 3.05) is 0 Å². The van der Waals surface area contributed by atoms with E-state index in [0.717, 1.165) is 10.9 Å². The molecule has 0 spiro atoms. The van der Waals surface area contributed by atoms with Gasteiger partial charge in [-0.15, -0.1) is 0 Å². The summed E-state index contributed by atoms with van der Waals surface area (Å²) in [4.78, 5) is 31.2. The summed E-state index contributed by atoms with van der Waals surface area (Å²) in [5.74, 6) is -1.23. The number of carbonyl (C=O) groups is 2. The lowest BCUT2D eigenvalue weighted by molar-refractivity contribution is -0.130. The van der Waals surface area contributed by atoms with Crippen molar-refractivity contribution < 1.29 is 14.7 Å². The molecule has 128 valence electrons. The number of aromatic nitrogens is 3. The molecule has 3 heterocycles. The molecular formula is C20H15N3O3. The molecule has 0 fully saturated rings. The van der Waals surface area contributed by atoms with Gasteiger partial charge in [-0.3, -0.25) is 9.36 Å². The molecule has 4 rings (SSSR count). The first-order valence-corrected chi connectivity index (χ1v) is 8.05. The van der Waals surface area contributed by atoms with E-state index in [4.69, 9.17) is 0 Å². The van der Waals surface area contributed by atoms with E-state index in [1.807, 2.05) is 24.3 Å². The Morgan fingerprint density at radius 3 is 2.69 bits per heavy atom. The second kappa shape index (κ2) is 6.00. The van der Waals surface area contributed by atoms with Gasteiger partial charge in [0.2, 0.25) is 5.91 Å². The zero-order valence-electron chi connectivity index (χ0n) is 13.9. The fourth-order valence-electron chi connectivity index (χ4n) is 3.16. The summed E-state index contributed by atoms with van der Waals surface area (Å²) >= 11 is 0. The van der Waals surface area contributed by atoms with E-state index in [0.29, 0.717) is 22.1 Å². The second-order valence-corrected chi connectivity index (χ2v) is 5.96. The molecule has 6 heteroatoms. The first-order valence-electron chi connectivity index (χ1n) is 8.05. The third-order valence-electron chi connectivity index (χ3n) is 4.35. The fraction of sp³-hybridized carbons (Fsp3) is 0.0500. The lowest BCUT2D eigenvalue weighted by Crippen LogP contribution is -2.03. The zero-order chi connectivity index (χ0) is 18.3. The highest BCUT2D eigenvalue weighted by atomic mass is 16.4. The zero-order valence-corrected chi connectivity index (χ0v) is 13.9. The molecular weight excluding hydrogens is 330 g/mol. The second-order valence-electron chi connectivity index (χ2n) is 5.96. The summed E-state index contributed by atoms with van der Waals surface area (Å²) in [5, 5.41) is 11.4. The maximum atomic E-state index is 12.0. The minimum absolute atomic E-state index is 0.117. The predicted molar refractivity (Wildman–Crippen MR) is 99.8 cm³/mol. The Hall–Kier alpha value is -3.67. The number of H-pyrrole nitrogens is 1. The van der Waals surface area contributed by atoms with E-state index in [9.17, 15) is 14.7 Å². The van der Waals surface area contributed by atoms with Crippen LogP contribution in [-0.2, 0) is 4.79 Å². The Labute approximate surface area is 148 Å². The summed E-state index contributed by atoms with van der Waals surface area (Å²) in [6, 6.07) is 10.9. The molecule has 1 aromatic carbocycles. The molecule has 26 heavy (non-hydrogen) atoms. The van der Waals surface area contributed by atoms with Crippen molar-refractivity contribution in [3.8, 4) is 0 Å². The molecule has 2 N–H and O–H groups in total. The van der Waals surface area contributed by atoms with Crippen LogP contribution in [0.5, 0.6) is 0 Å². The van der Waals surface area contributed by atoms with Crippen LogP contribution in [0.4, 0.5) is 0 Å². The summed E-state index contributed by atoms with van der Waals surface area (Å²) in [6.07, 6.45) is 6.59. The van der Waals surface area contributed by atoms with E-state index in [2.05, 4.69) is 9.97 Å². The van der Waals surface area contributed by atoms with E-state index in [-0.39, 0.29) is 11.5 Å². The van der Waals surface area contributed by atoms with Gasteiger partial charge >= 0.3 is 5.97 Å². The number of aliphatic carboxylic acids is 1. The highest BCUT2D eigenvalue weighted by Gasteiger charge is 2.19. The first-order chi connectivity index (χ1) is 12.6. The van der Waals surface area contributed by atoms with Crippen LogP contribution in [0, 0.1) is 0 Å². The maximum absolute atomic E-state index is 12.0. The van der Waals surface area contributed by atoms with Gasteiger partial charge < -0.3 is 10.1 Å². The van der Waals surface area contributed by atoms with Gasteiger partial charge in [-0.1, -0.05) is 18.2 Å². The van der Waals surface area contributed by atoms with Crippen molar-refractivity contribution in [1.29, 1.82) is 0 Å². The summed E-state index contributed by atoms with van der Waals surface area (Å²) < 4.78 is 1.47. The van der Waals surface area contributed by atoms with Crippen molar-refractivity contribution in [1.82, 2.24) is 14.5 Å². The Bertz CT molecular complexity index is 1200. The highest BCUT2D eigenvalue weighted by Crippen LogP contribution is 2.30. The maximum Gasteiger partial charge on any atom is 0.336 e. The van der Waals surface area contributed by atoms with Gasteiger partial charge in [0.05, 0.1) is 11.1 Å². The molecule has 0 atom stereocenters. The number of carboxylic acid groups (broad SMARTS) is 1. The molecule has 0 saturated heterocycles. The molecule has 0 aliphatic rings. The van der Waals surface area contributed by atoms with Crippen LogP contribution in [0.25, 0.3) is 33.6 Å². The molecule has 0 aliphatic heterocycles. The monoisotopic (exact) mass is 345 g/mol. The third-order valence-corrected chi connectivity index (χ3v) is 4.35. The molecule has 0 amide bonds. The number of hydrogen-bond acceptors (Lipinski definition) is 3. The lowest BCUT2D eigenvalue weighted by Gasteiger charge is -2.01. The fourth-order valence-corrected chi connectivity index (χ4v) is 3.16. The van der Waals surface area contributed by atoms with Gasteiger partial charge in [-0.25, -0.2) is 9.78 Å². The quantitative estimate of drug-likeness (QED) is 0.553. The largest absolute Gasteiger partial charge is 0.478 e. The molecule has 0 radical (unpaired) electrons.